The van der Waals surface area contributed by atoms with E-state index in [4.69, 9.17) is 4.42 Å². The normalized spacial score (nSPS) is 11.8. The molecule has 120 valence electrons. The lowest BCUT2D eigenvalue weighted by molar-refractivity contribution is 0.601. The van der Waals surface area contributed by atoms with Gasteiger partial charge in [-0.3, -0.25) is 4.79 Å². The number of nitrogens with zero attached hydrogens (tertiary/aromatic N) is 3. The molecule has 2 heterocycles. The van der Waals surface area contributed by atoms with E-state index >= 15 is 0 Å². The van der Waals surface area contributed by atoms with Crippen molar-refractivity contribution in [3.63, 3.8) is 0 Å². The number of aromatic nitrogens is 4. The van der Waals surface area contributed by atoms with Gasteiger partial charge in [-0.1, -0.05) is 17.2 Å². The highest BCUT2D eigenvalue weighted by molar-refractivity contribution is 7.92. The highest BCUT2D eigenvalue weighted by atomic mass is 32.2. The maximum atomic E-state index is 12.6. The van der Waals surface area contributed by atoms with E-state index in [0.717, 1.165) is 0 Å². The fraction of sp³-hybridized carbons (Fsp3) is 0. The van der Waals surface area contributed by atoms with Gasteiger partial charge in [0.2, 0.25) is 5.43 Å². The predicted octanol–water partition coefficient (Wildman–Crippen LogP) is 1.26. The summed E-state index contributed by atoms with van der Waals surface area (Å²) in [5.41, 5.74) is 0.441. The Morgan fingerprint density at radius 2 is 1.83 bits per heavy atom. The summed E-state index contributed by atoms with van der Waals surface area (Å²) < 4.78 is 32.5. The second-order valence-corrected chi connectivity index (χ2v) is 6.61. The highest BCUT2D eigenvalue weighted by Crippen LogP contribution is 2.22. The SMILES string of the molecule is O=c1c2ccccc2oc2ccc(S(=O)(=O)Nc3nn[nH]n3)cc12. The van der Waals surface area contributed by atoms with Gasteiger partial charge >= 0.3 is 0 Å². The van der Waals surface area contributed by atoms with Gasteiger partial charge in [0.1, 0.15) is 11.2 Å². The molecule has 0 aliphatic rings. The van der Waals surface area contributed by atoms with Crippen molar-refractivity contribution in [2.24, 2.45) is 0 Å². The molecular formula is C14H9N5O4S. The number of hydrogen-bond donors (Lipinski definition) is 2. The molecule has 4 aromatic rings. The van der Waals surface area contributed by atoms with Gasteiger partial charge in [0.15, 0.2) is 0 Å². The van der Waals surface area contributed by atoms with Gasteiger partial charge in [0.05, 0.1) is 15.7 Å². The molecule has 10 heteroatoms. The number of para-hydroxylation sites is 1. The summed E-state index contributed by atoms with van der Waals surface area (Å²) in [6.45, 7) is 0. The maximum Gasteiger partial charge on any atom is 0.276 e. The minimum absolute atomic E-state index is 0.109. The Balaban J connectivity index is 1.90. The molecule has 24 heavy (non-hydrogen) atoms. The second kappa shape index (κ2) is 5.13. The van der Waals surface area contributed by atoms with Crippen LogP contribution in [0.2, 0.25) is 0 Å². The number of anilines is 1. The van der Waals surface area contributed by atoms with E-state index in [1.165, 1.54) is 18.2 Å². The molecule has 2 aromatic heterocycles. The summed E-state index contributed by atoms with van der Waals surface area (Å²) in [6.07, 6.45) is 0. The number of hydrogen-bond acceptors (Lipinski definition) is 7. The predicted molar refractivity (Wildman–Crippen MR) is 85.0 cm³/mol. The average Bonchev–Trinajstić information content (AvgIpc) is 3.07. The van der Waals surface area contributed by atoms with Crippen molar-refractivity contribution in [2.45, 2.75) is 4.90 Å². The standard InChI is InChI=1S/C14H9N5O4S/c20-13-9-3-1-2-4-11(9)23-12-6-5-8(7-10(12)13)24(21,22)17-14-15-18-19-16-14/h1-7H,(H2,15,16,17,18,19). The first kappa shape index (κ1) is 14.3. The molecule has 0 bridgehead atoms. The van der Waals surface area contributed by atoms with Crippen molar-refractivity contribution in [3.8, 4) is 0 Å². The molecule has 0 saturated carbocycles. The first-order valence-electron chi connectivity index (χ1n) is 6.76. The van der Waals surface area contributed by atoms with Gasteiger partial charge < -0.3 is 4.42 Å². The lowest BCUT2D eigenvalue weighted by Crippen LogP contribution is -2.14. The van der Waals surface area contributed by atoms with Crippen LogP contribution in [-0.2, 0) is 10.0 Å². The monoisotopic (exact) mass is 343 g/mol. The van der Waals surface area contributed by atoms with Crippen LogP contribution in [0, 0.1) is 0 Å². The Hall–Kier alpha value is -3.27. The van der Waals surface area contributed by atoms with E-state index < -0.39 is 10.0 Å². The molecule has 9 nitrogen and oxygen atoms in total. The van der Waals surface area contributed by atoms with Crippen LogP contribution < -0.4 is 10.2 Å². The van der Waals surface area contributed by atoms with Crippen molar-refractivity contribution < 1.29 is 12.8 Å². The number of sulfonamides is 1. The van der Waals surface area contributed by atoms with Crippen LogP contribution in [0.3, 0.4) is 0 Å². The fourth-order valence-corrected chi connectivity index (χ4v) is 3.30. The third kappa shape index (κ3) is 2.29. The van der Waals surface area contributed by atoms with Gasteiger partial charge in [-0.2, -0.15) is 5.21 Å². The Morgan fingerprint density at radius 3 is 2.62 bits per heavy atom. The number of benzene rings is 2. The molecule has 0 spiro atoms. The van der Waals surface area contributed by atoms with Crippen LogP contribution >= 0.6 is 0 Å². The summed E-state index contributed by atoms with van der Waals surface area (Å²) in [4.78, 5) is 12.5. The minimum Gasteiger partial charge on any atom is -0.456 e. The Morgan fingerprint density at radius 1 is 1.04 bits per heavy atom. The number of H-pyrrole nitrogens is 1. The Labute approximate surface area is 134 Å². The van der Waals surface area contributed by atoms with Crippen LogP contribution in [0.25, 0.3) is 21.9 Å². The zero-order chi connectivity index (χ0) is 16.7. The van der Waals surface area contributed by atoms with Crippen LogP contribution in [0.15, 0.2) is 56.6 Å². The molecule has 0 amide bonds. The van der Waals surface area contributed by atoms with Crippen molar-refractivity contribution in [1.29, 1.82) is 0 Å². The molecule has 2 N–H and O–H groups in total. The summed E-state index contributed by atoms with van der Waals surface area (Å²) >= 11 is 0. The van der Waals surface area contributed by atoms with E-state index in [2.05, 4.69) is 25.3 Å². The highest BCUT2D eigenvalue weighted by Gasteiger charge is 2.18. The lowest BCUT2D eigenvalue weighted by atomic mass is 10.1. The van der Waals surface area contributed by atoms with Gasteiger partial charge in [-0.25, -0.2) is 13.1 Å². The molecule has 0 unspecified atom stereocenters. The summed E-state index contributed by atoms with van der Waals surface area (Å²) in [5, 5.41) is 13.0. The molecule has 0 fully saturated rings. The van der Waals surface area contributed by atoms with Gasteiger partial charge in [0, 0.05) is 0 Å². The molecular weight excluding hydrogens is 334 g/mol. The number of nitrogens with one attached hydrogen (secondary N) is 2. The van der Waals surface area contributed by atoms with Crippen molar-refractivity contribution in [2.75, 3.05) is 4.72 Å². The van der Waals surface area contributed by atoms with E-state index in [0.29, 0.717) is 16.6 Å². The quantitative estimate of drug-likeness (QED) is 0.535. The second-order valence-electron chi connectivity index (χ2n) is 4.93. The Kier molecular flexibility index (Phi) is 3.06. The van der Waals surface area contributed by atoms with Crippen LogP contribution in [0.5, 0.6) is 0 Å². The van der Waals surface area contributed by atoms with Gasteiger partial charge in [0.25, 0.3) is 16.0 Å². The van der Waals surface area contributed by atoms with Gasteiger partial charge in [-0.05, 0) is 35.5 Å². The van der Waals surface area contributed by atoms with Crippen molar-refractivity contribution in [1.82, 2.24) is 20.6 Å². The lowest BCUT2D eigenvalue weighted by Gasteiger charge is -2.06. The third-order valence-electron chi connectivity index (χ3n) is 3.43. The number of fused-ring (bicyclic) bond motifs is 2. The number of aromatic amines is 1. The van der Waals surface area contributed by atoms with Crippen LogP contribution in [-0.4, -0.2) is 29.0 Å². The smallest absolute Gasteiger partial charge is 0.276 e. The molecule has 0 aliphatic carbocycles. The fourth-order valence-electron chi connectivity index (χ4n) is 2.33. The molecule has 4 rings (SSSR count). The zero-order valence-corrected chi connectivity index (χ0v) is 12.7. The molecule has 0 saturated heterocycles. The zero-order valence-electron chi connectivity index (χ0n) is 11.9. The van der Waals surface area contributed by atoms with Gasteiger partial charge in [-0.15, -0.1) is 5.10 Å². The van der Waals surface area contributed by atoms with Crippen LogP contribution in [0.1, 0.15) is 0 Å². The summed E-state index contributed by atoms with van der Waals surface area (Å²) in [7, 11) is -3.96. The average molecular weight is 343 g/mol. The molecule has 2 aromatic carbocycles. The topological polar surface area (TPSA) is 131 Å². The van der Waals surface area contributed by atoms with Crippen molar-refractivity contribution >= 4 is 37.9 Å². The van der Waals surface area contributed by atoms with Crippen LogP contribution in [0.4, 0.5) is 5.95 Å². The molecule has 0 radical (unpaired) electrons. The molecule has 0 aliphatic heterocycles. The molecule has 0 atom stereocenters. The summed E-state index contributed by atoms with van der Waals surface area (Å²) in [6, 6.07) is 10.8. The number of rotatable bonds is 3. The largest absolute Gasteiger partial charge is 0.456 e. The maximum absolute atomic E-state index is 12.6. The first-order valence-corrected chi connectivity index (χ1v) is 8.25. The minimum atomic E-state index is -3.96. The summed E-state index contributed by atoms with van der Waals surface area (Å²) in [5.74, 6) is -0.194. The Bertz CT molecular complexity index is 1220. The first-order chi connectivity index (χ1) is 11.5. The van der Waals surface area contributed by atoms with E-state index in [9.17, 15) is 13.2 Å². The van der Waals surface area contributed by atoms with E-state index in [1.54, 1.807) is 24.3 Å². The third-order valence-corrected chi connectivity index (χ3v) is 4.75. The van der Waals surface area contributed by atoms with E-state index in [-0.39, 0.29) is 21.7 Å². The van der Waals surface area contributed by atoms with Crippen molar-refractivity contribution in [3.05, 3.63) is 52.7 Å². The van der Waals surface area contributed by atoms with E-state index in [1.807, 2.05) is 0 Å². The number of tetrazole rings is 1.